The second-order valence-electron chi connectivity index (χ2n) is 6.16. The van der Waals surface area contributed by atoms with E-state index in [1.165, 1.54) is 30.5 Å². The average Bonchev–Trinajstić information content (AvgIpc) is 3.20. The molecule has 1 heterocycles. The van der Waals surface area contributed by atoms with Crippen LogP contribution in [0.3, 0.4) is 0 Å². The van der Waals surface area contributed by atoms with Crippen LogP contribution in [0, 0.1) is 17.0 Å². The third-order valence-corrected chi connectivity index (χ3v) is 3.92. The largest absolute Gasteiger partial charge is 0.465 e. The number of hydrogen-bond acceptors (Lipinski definition) is 5. The Balaban J connectivity index is 1.86. The van der Waals surface area contributed by atoms with Crippen LogP contribution in [0.25, 0.3) is 6.08 Å². The summed E-state index contributed by atoms with van der Waals surface area (Å²) in [4.78, 5) is 35.7. The number of aryl methyl sites for hydroxylation is 1. The fraction of sp³-hybridized carbons (Fsp3) is 0.0476. The third kappa shape index (κ3) is 5.16. The first-order valence-electron chi connectivity index (χ1n) is 8.61. The van der Waals surface area contributed by atoms with Crippen LogP contribution in [-0.2, 0) is 4.79 Å². The van der Waals surface area contributed by atoms with E-state index in [2.05, 4.69) is 10.6 Å². The highest BCUT2D eigenvalue weighted by Gasteiger charge is 2.17. The monoisotopic (exact) mass is 391 g/mol. The van der Waals surface area contributed by atoms with Gasteiger partial charge in [-0.05, 0) is 42.8 Å². The molecule has 0 saturated heterocycles. The summed E-state index contributed by atoms with van der Waals surface area (Å²) in [5, 5.41) is 16.1. The van der Waals surface area contributed by atoms with Crippen molar-refractivity contribution in [3.05, 3.63) is 99.6 Å². The molecule has 0 aliphatic rings. The van der Waals surface area contributed by atoms with Gasteiger partial charge in [0.1, 0.15) is 11.5 Å². The van der Waals surface area contributed by atoms with Crippen LogP contribution in [-0.4, -0.2) is 16.7 Å². The van der Waals surface area contributed by atoms with Gasteiger partial charge in [0.2, 0.25) is 0 Å². The Bertz CT molecular complexity index is 1090. The number of carbonyl (C=O) groups is 2. The summed E-state index contributed by atoms with van der Waals surface area (Å²) in [6.45, 7) is 1.89. The molecular weight excluding hydrogens is 374 g/mol. The number of anilines is 1. The Kier molecular flexibility index (Phi) is 5.84. The van der Waals surface area contributed by atoms with Crippen molar-refractivity contribution < 1.29 is 18.9 Å². The Morgan fingerprint density at radius 3 is 2.55 bits per heavy atom. The summed E-state index contributed by atoms with van der Waals surface area (Å²) >= 11 is 0. The van der Waals surface area contributed by atoms with Gasteiger partial charge in [-0.2, -0.15) is 0 Å². The number of nitrogens with zero attached hydrogens (tertiary/aromatic N) is 1. The number of non-ortho nitro benzene ring substituents is 1. The van der Waals surface area contributed by atoms with E-state index < -0.39 is 16.7 Å². The first-order chi connectivity index (χ1) is 13.9. The number of rotatable bonds is 6. The van der Waals surface area contributed by atoms with E-state index in [4.69, 9.17) is 4.42 Å². The Hall–Kier alpha value is -4.20. The first kappa shape index (κ1) is 19.6. The minimum absolute atomic E-state index is 0.0490. The summed E-state index contributed by atoms with van der Waals surface area (Å²) in [6.07, 6.45) is 2.81. The number of furan rings is 1. The summed E-state index contributed by atoms with van der Waals surface area (Å²) in [6, 6.07) is 15.7. The molecule has 2 amide bonds. The van der Waals surface area contributed by atoms with Gasteiger partial charge in [-0.1, -0.05) is 18.2 Å². The second kappa shape index (κ2) is 8.66. The van der Waals surface area contributed by atoms with Crippen LogP contribution in [0.4, 0.5) is 11.4 Å². The Morgan fingerprint density at radius 1 is 1.07 bits per heavy atom. The van der Waals surface area contributed by atoms with Gasteiger partial charge in [-0.25, -0.2) is 0 Å². The lowest BCUT2D eigenvalue weighted by Gasteiger charge is -2.11. The molecule has 0 fully saturated rings. The molecule has 2 aromatic carbocycles. The zero-order chi connectivity index (χ0) is 20.8. The first-order valence-corrected chi connectivity index (χ1v) is 8.61. The molecule has 3 aromatic rings. The summed E-state index contributed by atoms with van der Waals surface area (Å²) in [7, 11) is 0. The molecule has 0 spiro atoms. The van der Waals surface area contributed by atoms with Crippen molar-refractivity contribution in [1.29, 1.82) is 0 Å². The van der Waals surface area contributed by atoms with Crippen molar-refractivity contribution in [1.82, 2.24) is 5.32 Å². The number of nitrogens with one attached hydrogen (secondary N) is 2. The highest BCUT2D eigenvalue weighted by Crippen LogP contribution is 2.15. The number of carbonyl (C=O) groups excluding carboxylic acids is 2. The van der Waals surface area contributed by atoms with Gasteiger partial charge in [-0.3, -0.25) is 19.7 Å². The maximum Gasteiger partial charge on any atom is 0.272 e. The second-order valence-corrected chi connectivity index (χ2v) is 6.16. The van der Waals surface area contributed by atoms with Crippen molar-refractivity contribution in [3.63, 3.8) is 0 Å². The molecular formula is C21H17N3O5. The van der Waals surface area contributed by atoms with Gasteiger partial charge in [-0.15, -0.1) is 0 Å². The minimum atomic E-state index is -0.661. The molecule has 0 radical (unpaired) electrons. The number of amides is 2. The quantitative estimate of drug-likeness (QED) is 0.376. The van der Waals surface area contributed by atoms with Gasteiger partial charge in [0, 0.05) is 29.5 Å². The van der Waals surface area contributed by atoms with E-state index in [-0.39, 0.29) is 16.9 Å². The lowest BCUT2D eigenvalue weighted by atomic mass is 10.1. The smallest absolute Gasteiger partial charge is 0.272 e. The topological polar surface area (TPSA) is 114 Å². The highest BCUT2D eigenvalue weighted by atomic mass is 16.6. The molecule has 1 aromatic heterocycles. The Morgan fingerprint density at radius 2 is 1.86 bits per heavy atom. The summed E-state index contributed by atoms with van der Waals surface area (Å²) < 4.78 is 5.22. The van der Waals surface area contributed by atoms with E-state index >= 15 is 0 Å². The van der Waals surface area contributed by atoms with E-state index in [9.17, 15) is 19.7 Å². The van der Waals surface area contributed by atoms with E-state index in [0.29, 0.717) is 11.4 Å². The van der Waals surface area contributed by atoms with Gasteiger partial charge < -0.3 is 15.1 Å². The van der Waals surface area contributed by atoms with Crippen LogP contribution in [0.1, 0.15) is 21.7 Å². The normalized spacial score (nSPS) is 11.0. The molecule has 3 rings (SSSR count). The summed E-state index contributed by atoms with van der Waals surface area (Å²) in [5.74, 6) is -0.865. The van der Waals surface area contributed by atoms with Crippen molar-refractivity contribution in [3.8, 4) is 0 Å². The van der Waals surface area contributed by atoms with Crippen LogP contribution < -0.4 is 10.6 Å². The fourth-order valence-electron chi connectivity index (χ4n) is 2.55. The van der Waals surface area contributed by atoms with Gasteiger partial charge in [0.15, 0.2) is 0 Å². The number of nitro benzene ring substituents is 1. The minimum Gasteiger partial charge on any atom is -0.465 e. The average molecular weight is 391 g/mol. The molecule has 0 bridgehead atoms. The van der Waals surface area contributed by atoms with Crippen LogP contribution in [0.2, 0.25) is 0 Å². The zero-order valence-corrected chi connectivity index (χ0v) is 15.4. The SMILES string of the molecule is Cc1cccc(NC(=O)/C(=C\c2ccco2)NC(=O)c2cccc([N+](=O)[O-])c2)c1. The maximum atomic E-state index is 12.7. The van der Waals surface area contributed by atoms with E-state index in [1.54, 1.807) is 30.3 Å². The van der Waals surface area contributed by atoms with Gasteiger partial charge in [0.25, 0.3) is 17.5 Å². The van der Waals surface area contributed by atoms with Gasteiger partial charge in [0.05, 0.1) is 11.2 Å². The van der Waals surface area contributed by atoms with Crippen molar-refractivity contribution in [2.75, 3.05) is 5.32 Å². The summed E-state index contributed by atoms with van der Waals surface area (Å²) in [5.41, 5.74) is 1.27. The van der Waals surface area contributed by atoms with Crippen molar-refractivity contribution in [2.45, 2.75) is 6.92 Å². The predicted octanol–water partition coefficient (Wildman–Crippen LogP) is 3.91. The van der Waals surface area contributed by atoms with E-state index in [0.717, 1.165) is 11.6 Å². The maximum absolute atomic E-state index is 12.7. The molecule has 2 N–H and O–H groups in total. The van der Waals surface area contributed by atoms with Crippen LogP contribution in [0.15, 0.2) is 77.0 Å². The molecule has 29 heavy (non-hydrogen) atoms. The molecule has 0 aliphatic heterocycles. The van der Waals surface area contributed by atoms with Crippen LogP contribution >= 0.6 is 0 Å². The van der Waals surface area contributed by atoms with Crippen LogP contribution in [0.5, 0.6) is 0 Å². The molecule has 0 aliphatic carbocycles. The number of benzene rings is 2. The lowest BCUT2D eigenvalue weighted by molar-refractivity contribution is -0.384. The number of hydrogen-bond donors (Lipinski definition) is 2. The molecule has 8 nitrogen and oxygen atoms in total. The van der Waals surface area contributed by atoms with Crippen molar-refractivity contribution >= 4 is 29.3 Å². The number of nitro groups is 1. The highest BCUT2D eigenvalue weighted by molar-refractivity contribution is 6.10. The molecule has 8 heteroatoms. The molecule has 146 valence electrons. The Labute approximate surface area is 166 Å². The molecule has 0 unspecified atom stereocenters. The standard InChI is InChI=1S/C21H17N3O5/c1-14-5-2-7-16(11-14)22-21(26)19(13-18-9-4-10-29-18)23-20(25)15-6-3-8-17(12-15)24(27)28/h2-13H,1H3,(H,22,26)(H,23,25)/b19-13+. The molecule has 0 saturated carbocycles. The molecule has 0 atom stereocenters. The van der Waals surface area contributed by atoms with Crippen molar-refractivity contribution in [2.24, 2.45) is 0 Å². The lowest BCUT2D eigenvalue weighted by Crippen LogP contribution is -2.30. The fourth-order valence-corrected chi connectivity index (χ4v) is 2.55. The van der Waals surface area contributed by atoms with Gasteiger partial charge >= 0.3 is 0 Å². The third-order valence-electron chi connectivity index (χ3n) is 3.92. The zero-order valence-electron chi connectivity index (χ0n) is 15.4. The predicted molar refractivity (Wildman–Crippen MR) is 107 cm³/mol. The van der Waals surface area contributed by atoms with E-state index in [1.807, 2.05) is 13.0 Å².